The van der Waals surface area contributed by atoms with E-state index in [0.717, 1.165) is 38.3 Å². The van der Waals surface area contributed by atoms with Crippen LogP contribution in [0.25, 0.3) is 5.70 Å². The van der Waals surface area contributed by atoms with Gasteiger partial charge in [0.25, 0.3) is 5.91 Å². The van der Waals surface area contributed by atoms with E-state index in [1.54, 1.807) is 17.3 Å². The Labute approximate surface area is 154 Å². The summed E-state index contributed by atoms with van der Waals surface area (Å²) in [5.41, 5.74) is 8.49. The molecule has 6 heteroatoms. The number of carbonyl (C=O) groups excluding carboxylic acids is 1. The van der Waals surface area contributed by atoms with Crippen molar-refractivity contribution in [3.8, 4) is 0 Å². The smallest absolute Gasteiger partial charge is 0.293 e. The Hall–Kier alpha value is -2.70. The predicted molar refractivity (Wildman–Crippen MR) is 101 cm³/mol. The molecule has 1 aliphatic rings. The van der Waals surface area contributed by atoms with Gasteiger partial charge in [-0.25, -0.2) is 0 Å². The lowest BCUT2D eigenvalue weighted by molar-refractivity contribution is -1.02. The number of carbonyl (C=O) groups is 1. The highest BCUT2D eigenvalue weighted by atomic mass is 16.2. The number of amides is 1. The Morgan fingerprint density at radius 2 is 1.73 bits per heavy atom. The quantitative estimate of drug-likeness (QED) is 0.466. The number of hydrogen-bond acceptors (Lipinski definition) is 3. The monoisotopic (exact) mass is 353 g/mol. The number of nitrogens with one attached hydrogen (secondary N) is 4. The van der Waals surface area contributed by atoms with Gasteiger partial charge in [0.2, 0.25) is 0 Å². The van der Waals surface area contributed by atoms with Gasteiger partial charge in [-0.1, -0.05) is 36.9 Å². The summed E-state index contributed by atoms with van der Waals surface area (Å²) >= 11 is 0. The molecule has 1 saturated heterocycles. The van der Waals surface area contributed by atoms with Crippen LogP contribution in [0.5, 0.6) is 0 Å². The first-order chi connectivity index (χ1) is 12.7. The number of rotatable bonds is 7. The van der Waals surface area contributed by atoms with Gasteiger partial charge in [0, 0.05) is 23.5 Å². The van der Waals surface area contributed by atoms with E-state index in [-0.39, 0.29) is 5.91 Å². The fourth-order valence-corrected chi connectivity index (χ4v) is 3.23. The van der Waals surface area contributed by atoms with Crippen LogP contribution in [0.15, 0.2) is 61.4 Å². The van der Waals surface area contributed by atoms with E-state index in [4.69, 9.17) is 0 Å². The van der Waals surface area contributed by atoms with E-state index in [1.165, 1.54) is 10.5 Å². The molecule has 0 atom stereocenters. The van der Waals surface area contributed by atoms with Crippen molar-refractivity contribution in [3.05, 3.63) is 72.6 Å². The van der Waals surface area contributed by atoms with Crippen molar-refractivity contribution in [2.75, 3.05) is 32.7 Å². The molecule has 4 N–H and O–H groups in total. The summed E-state index contributed by atoms with van der Waals surface area (Å²) in [6.45, 7) is 9.67. The summed E-state index contributed by atoms with van der Waals surface area (Å²) in [6.07, 6.45) is 3.42. The molecule has 0 bridgehead atoms. The van der Waals surface area contributed by atoms with Crippen LogP contribution in [-0.2, 0) is 11.3 Å². The van der Waals surface area contributed by atoms with Gasteiger partial charge in [-0.3, -0.25) is 20.6 Å². The fraction of sp³-hybridized carbons (Fsp3) is 0.300. The second-order valence-corrected chi connectivity index (χ2v) is 6.73. The van der Waals surface area contributed by atoms with E-state index in [0.29, 0.717) is 12.2 Å². The first-order valence-corrected chi connectivity index (χ1v) is 9.06. The molecule has 0 aliphatic carbocycles. The second kappa shape index (κ2) is 9.12. The molecule has 136 valence electrons. The summed E-state index contributed by atoms with van der Waals surface area (Å²) in [5.74, 6) is -0.0171. The molecule has 1 aromatic carbocycles. The van der Waals surface area contributed by atoms with Crippen LogP contribution in [0.3, 0.4) is 0 Å². The number of nitrogens with zero attached hydrogens (tertiary/aromatic N) is 1. The van der Waals surface area contributed by atoms with Gasteiger partial charge < -0.3 is 9.80 Å². The number of hydrazine groups is 1. The molecule has 2 aromatic rings. The number of hydrogen-bond donors (Lipinski definition) is 4. The lowest BCUT2D eigenvalue weighted by Gasteiger charge is -2.29. The van der Waals surface area contributed by atoms with Crippen LogP contribution in [0.4, 0.5) is 0 Å². The molecule has 0 radical (unpaired) electrons. The molecule has 1 fully saturated rings. The minimum Gasteiger partial charge on any atom is -0.322 e. The van der Waals surface area contributed by atoms with E-state index >= 15 is 0 Å². The van der Waals surface area contributed by atoms with Gasteiger partial charge in [0.1, 0.15) is 32.7 Å². The van der Waals surface area contributed by atoms with Gasteiger partial charge in [-0.05, 0) is 12.1 Å². The van der Waals surface area contributed by atoms with Crippen molar-refractivity contribution in [1.82, 2.24) is 15.8 Å². The number of pyridine rings is 1. The predicted octanol–water partition coefficient (Wildman–Crippen LogP) is -1.34. The van der Waals surface area contributed by atoms with E-state index in [2.05, 4.69) is 52.7 Å². The third-order valence-corrected chi connectivity index (χ3v) is 4.73. The molecular weight excluding hydrogens is 326 g/mol. The maximum atomic E-state index is 12.2. The highest BCUT2D eigenvalue weighted by Gasteiger charge is 2.24. The first kappa shape index (κ1) is 18.1. The zero-order valence-corrected chi connectivity index (χ0v) is 15.0. The maximum absolute atomic E-state index is 12.2. The summed E-state index contributed by atoms with van der Waals surface area (Å²) in [7, 11) is 0. The molecule has 1 aliphatic heterocycles. The SMILES string of the molecule is C=C(NNC(=O)C[NH+]1CC[NH+](Cc2ccccc2)CC1)c1cccnc1. The van der Waals surface area contributed by atoms with Crippen molar-refractivity contribution < 1.29 is 14.6 Å². The van der Waals surface area contributed by atoms with Gasteiger partial charge in [0.15, 0.2) is 6.54 Å². The molecule has 1 amide bonds. The number of aromatic nitrogens is 1. The molecule has 6 nitrogen and oxygen atoms in total. The third-order valence-electron chi connectivity index (χ3n) is 4.73. The molecule has 26 heavy (non-hydrogen) atoms. The summed E-state index contributed by atoms with van der Waals surface area (Å²) in [4.78, 5) is 19.1. The van der Waals surface area contributed by atoms with Crippen LogP contribution in [0, 0.1) is 0 Å². The van der Waals surface area contributed by atoms with Crippen LogP contribution in [0.1, 0.15) is 11.1 Å². The molecular formula is C20H27N5O+2. The van der Waals surface area contributed by atoms with E-state index < -0.39 is 0 Å². The normalized spacial score (nSPS) is 19.5. The standard InChI is InChI=1S/C20H25N5O/c1-17(19-8-5-9-21-14-19)22-23-20(26)16-25-12-10-24(11-13-25)15-18-6-3-2-4-7-18/h2-9,14,22H,1,10-13,15-16H2,(H,23,26)/p+2. The van der Waals surface area contributed by atoms with Crippen molar-refractivity contribution in [2.24, 2.45) is 0 Å². The highest BCUT2D eigenvalue weighted by molar-refractivity contribution is 5.77. The molecule has 2 heterocycles. The Kier molecular flexibility index (Phi) is 6.35. The minimum absolute atomic E-state index is 0.0171. The zero-order valence-electron chi connectivity index (χ0n) is 15.0. The largest absolute Gasteiger partial charge is 0.322 e. The summed E-state index contributed by atoms with van der Waals surface area (Å²) < 4.78 is 0. The topological polar surface area (TPSA) is 62.9 Å². The Morgan fingerprint density at radius 1 is 1.00 bits per heavy atom. The van der Waals surface area contributed by atoms with Crippen molar-refractivity contribution in [3.63, 3.8) is 0 Å². The van der Waals surface area contributed by atoms with Gasteiger partial charge in [-0.2, -0.15) is 0 Å². The van der Waals surface area contributed by atoms with Gasteiger partial charge >= 0.3 is 0 Å². The molecule has 0 saturated carbocycles. The zero-order chi connectivity index (χ0) is 18.2. The Morgan fingerprint density at radius 3 is 2.42 bits per heavy atom. The third kappa shape index (κ3) is 5.40. The average Bonchev–Trinajstić information content (AvgIpc) is 2.69. The first-order valence-electron chi connectivity index (χ1n) is 9.06. The van der Waals surface area contributed by atoms with E-state index in [1.807, 2.05) is 12.1 Å². The van der Waals surface area contributed by atoms with Crippen LogP contribution in [-0.4, -0.2) is 43.6 Å². The van der Waals surface area contributed by atoms with E-state index in [9.17, 15) is 4.79 Å². The van der Waals surface area contributed by atoms with Crippen LogP contribution >= 0.6 is 0 Å². The average molecular weight is 353 g/mol. The highest BCUT2D eigenvalue weighted by Crippen LogP contribution is 2.04. The van der Waals surface area contributed by atoms with Crippen LogP contribution in [0.2, 0.25) is 0 Å². The lowest BCUT2D eigenvalue weighted by atomic mass is 10.2. The van der Waals surface area contributed by atoms with Crippen molar-refractivity contribution in [2.45, 2.75) is 6.54 Å². The number of quaternary nitrogens is 2. The number of piperazine rings is 1. The molecule has 3 rings (SSSR count). The Bertz CT molecular complexity index is 711. The van der Waals surface area contributed by atoms with Crippen molar-refractivity contribution >= 4 is 11.6 Å². The molecule has 1 aromatic heterocycles. The minimum atomic E-state index is -0.0171. The lowest BCUT2D eigenvalue weighted by Crippen LogP contribution is -3.28. The van der Waals surface area contributed by atoms with Crippen LogP contribution < -0.4 is 20.7 Å². The number of benzene rings is 1. The summed E-state index contributed by atoms with van der Waals surface area (Å²) in [6, 6.07) is 14.3. The Balaban J connectivity index is 1.36. The van der Waals surface area contributed by atoms with Gasteiger partial charge in [0.05, 0.1) is 5.70 Å². The maximum Gasteiger partial charge on any atom is 0.293 e. The molecule has 0 spiro atoms. The van der Waals surface area contributed by atoms with Gasteiger partial charge in [-0.15, -0.1) is 0 Å². The second-order valence-electron chi connectivity index (χ2n) is 6.73. The van der Waals surface area contributed by atoms with Crippen molar-refractivity contribution in [1.29, 1.82) is 0 Å². The summed E-state index contributed by atoms with van der Waals surface area (Å²) in [5, 5.41) is 0. The molecule has 0 unspecified atom stereocenters. The fourth-order valence-electron chi connectivity index (χ4n) is 3.23.